The quantitative estimate of drug-likeness (QED) is 0.706. The highest BCUT2D eigenvalue weighted by atomic mass is 32.1. The molecule has 128 valence electrons. The maximum Gasteiger partial charge on any atom is 0.279 e. The zero-order valence-corrected chi connectivity index (χ0v) is 14.8. The van der Waals surface area contributed by atoms with Crippen LogP contribution in [0.3, 0.4) is 0 Å². The molecule has 0 bridgehead atoms. The topological polar surface area (TPSA) is 52.8 Å². The van der Waals surface area contributed by atoms with Crippen LogP contribution in [0.4, 0.5) is 0 Å². The van der Waals surface area contributed by atoms with Gasteiger partial charge in [-0.3, -0.25) is 4.79 Å². The first-order chi connectivity index (χ1) is 12.2. The highest BCUT2D eigenvalue weighted by Crippen LogP contribution is 2.27. The van der Waals surface area contributed by atoms with Gasteiger partial charge in [0.2, 0.25) is 0 Å². The third-order valence-corrected chi connectivity index (χ3v) is 4.48. The zero-order valence-electron chi connectivity index (χ0n) is 14.0. The van der Waals surface area contributed by atoms with E-state index in [0.29, 0.717) is 28.4 Å². The van der Waals surface area contributed by atoms with Crippen LogP contribution in [-0.2, 0) is 6.54 Å². The molecular formula is C19H18N2O3S. The summed E-state index contributed by atoms with van der Waals surface area (Å²) < 4.78 is 12.4. The molecule has 0 aliphatic carbocycles. The number of rotatable bonds is 5. The molecular weight excluding hydrogens is 336 g/mol. The molecule has 0 saturated carbocycles. The average molecular weight is 354 g/mol. The van der Waals surface area contributed by atoms with Crippen molar-refractivity contribution in [2.45, 2.75) is 6.54 Å². The standard InChI is InChI=1S/C19H18N2O3S/c1-23-16-9-8-15(12-17(16)24-2)18(22)20-19-21(10-11-25-19)13-14-6-4-3-5-7-14/h3-12H,13H2,1-2H3. The Morgan fingerprint density at radius 3 is 2.56 bits per heavy atom. The Morgan fingerprint density at radius 2 is 1.84 bits per heavy atom. The van der Waals surface area contributed by atoms with Crippen molar-refractivity contribution in [1.29, 1.82) is 0 Å². The number of thiazole rings is 1. The Balaban J connectivity index is 1.89. The van der Waals surface area contributed by atoms with Crippen LogP contribution >= 0.6 is 11.3 Å². The molecule has 0 radical (unpaired) electrons. The molecule has 2 aromatic carbocycles. The molecule has 0 N–H and O–H groups in total. The molecule has 0 spiro atoms. The van der Waals surface area contributed by atoms with Gasteiger partial charge in [0.25, 0.3) is 5.91 Å². The van der Waals surface area contributed by atoms with Gasteiger partial charge in [-0.25, -0.2) is 0 Å². The van der Waals surface area contributed by atoms with Gasteiger partial charge in [0.1, 0.15) is 0 Å². The fourth-order valence-electron chi connectivity index (χ4n) is 2.41. The summed E-state index contributed by atoms with van der Waals surface area (Å²) in [5.41, 5.74) is 1.61. The number of nitrogens with zero attached hydrogens (tertiary/aromatic N) is 2. The molecule has 0 aliphatic rings. The van der Waals surface area contributed by atoms with E-state index < -0.39 is 0 Å². The second kappa shape index (κ2) is 7.81. The van der Waals surface area contributed by atoms with Gasteiger partial charge in [0.05, 0.1) is 14.2 Å². The minimum Gasteiger partial charge on any atom is -0.493 e. The smallest absolute Gasteiger partial charge is 0.279 e. The summed E-state index contributed by atoms with van der Waals surface area (Å²) in [6.45, 7) is 0.669. The van der Waals surface area contributed by atoms with Crippen LogP contribution in [0.1, 0.15) is 15.9 Å². The number of amides is 1. The number of hydrogen-bond acceptors (Lipinski definition) is 4. The van der Waals surface area contributed by atoms with E-state index in [0.717, 1.165) is 5.56 Å². The van der Waals surface area contributed by atoms with Crippen LogP contribution in [-0.4, -0.2) is 24.7 Å². The van der Waals surface area contributed by atoms with Gasteiger partial charge in [0.15, 0.2) is 16.3 Å². The molecule has 0 aliphatic heterocycles. The fraction of sp³-hybridized carbons (Fsp3) is 0.158. The summed E-state index contributed by atoms with van der Waals surface area (Å²) in [7, 11) is 3.10. The van der Waals surface area contributed by atoms with Crippen molar-refractivity contribution < 1.29 is 14.3 Å². The summed E-state index contributed by atoms with van der Waals surface area (Å²) in [5.74, 6) is 0.770. The lowest BCUT2D eigenvalue weighted by atomic mass is 10.2. The van der Waals surface area contributed by atoms with Crippen LogP contribution in [0.25, 0.3) is 0 Å². The van der Waals surface area contributed by atoms with Crippen molar-refractivity contribution in [3.05, 3.63) is 76.0 Å². The summed E-state index contributed by atoms with van der Waals surface area (Å²) in [6, 6.07) is 15.1. The molecule has 1 amide bonds. The van der Waals surface area contributed by atoms with E-state index in [1.54, 1.807) is 25.3 Å². The van der Waals surface area contributed by atoms with Crippen molar-refractivity contribution in [2.75, 3.05) is 14.2 Å². The second-order valence-electron chi connectivity index (χ2n) is 5.29. The molecule has 3 rings (SSSR count). The van der Waals surface area contributed by atoms with E-state index in [1.165, 1.54) is 18.4 Å². The van der Waals surface area contributed by atoms with E-state index in [4.69, 9.17) is 9.47 Å². The number of aromatic nitrogens is 1. The molecule has 3 aromatic rings. The average Bonchev–Trinajstić information content (AvgIpc) is 3.08. The molecule has 0 saturated heterocycles. The second-order valence-corrected chi connectivity index (χ2v) is 6.16. The van der Waals surface area contributed by atoms with Crippen molar-refractivity contribution in [3.63, 3.8) is 0 Å². The predicted molar refractivity (Wildman–Crippen MR) is 97.3 cm³/mol. The number of benzene rings is 2. The number of carbonyl (C=O) groups is 1. The third-order valence-electron chi connectivity index (χ3n) is 3.68. The largest absolute Gasteiger partial charge is 0.493 e. The molecule has 0 fully saturated rings. The highest BCUT2D eigenvalue weighted by Gasteiger charge is 2.10. The van der Waals surface area contributed by atoms with Gasteiger partial charge in [0, 0.05) is 23.7 Å². The van der Waals surface area contributed by atoms with Crippen LogP contribution in [0.15, 0.2) is 65.1 Å². The Morgan fingerprint density at radius 1 is 1.08 bits per heavy atom. The molecule has 0 unspecified atom stereocenters. The lowest BCUT2D eigenvalue weighted by molar-refractivity contribution is 0.0997. The van der Waals surface area contributed by atoms with Crippen LogP contribution in [0.2, 0.25) is 0 Å². The van der Waals surface area contributed by atoms with Crippen LogP contribution < -0.4 is 14.3 Å². The van der Waals surface area contributed by atoms with E-state index in [2.05, 4.69) is 4.99 Å². The molecule has 1 aromatic heterocycles. The Hall–Kier alpha value is -2.86. The van der Waals surface area contributed by atoms with Crippen molar-refractivity contribution in [2.24, 2.45) is 4.99 Å². The van der Waals surface area contributed by atoms with Gasteiger partial charge in [-0.05, 0) is 23.8 Å². The minimum absolute atomic E-state index is 0.315. The molecule has 1 heterocycles. The van der Waals surface area contributed by atoms with Gasteiger partial charge >= 0.3 is 0 Å². The van der Waals surface area contributed by atoms with E-state index in [-0.39, 0.29) is 5.91 Å². The first-order valence-electron chi connectivity index (χ1n) is 7.70. The van der Waals surface area contributed by atoms with Gasteiger partial charge in [-0.2, -0.15) is 4.99 Å². The zero-order chi connectivity index (χ0) is 17.6. The summed E-state index contributed by atoms with van der Waals surface area (Å²) >= 11 is 1.43. The molecule has 0 atom stereocenters. The van der Waals surface area contributed by atoms with Crippen molar-refractivity contribution in [1.82, 2.24) is 4.57 Å². The van der Waals surface area contributed by atoms with Crippen molar-refractivity contribution in [3.8, 4) is 11.5 Å². The first-order valence-corrected chi connectivity index (χ1v) is 8.58. The maximum absolute atomic E-state index is 12.5. The summed E-state index contributed by atoms with van der Waals surface area (Å²) in [4.78, 5) is 17.4. The van der Waals surface area contributed by atoms with E-state index in [9.17, 15) is 4.79 Å². The number of carbonyl (C=O) groups excluding carboxylic acids is 1. The molecule has 25 heavy (non-hydrogen) atoms. The molecule has 6 heteroatoms. The van der Waals surface area contributed by atoms with Gasteiger partial charge in [-0.15, -0.1) is 11.3 Å². The SMILES string of the molecule is COc1ccc(C(=O)N=c2sccn2Cc2ccccc2)cc1OC. The van der Waals surface area contributed by atoms with Gasteiger partial charge < -0.3 is 14.0 Å². The minimum atomic E-state index is -0.315. The number of hydrogen-bond donors (Lipinski definition) is 0. The predicted octanol–water partition coefficient (Wildman–Crippen LogP) is 3.36. The number of methoxy groups -OCH3 is 2. The van der Waals surface area contributed by atoms with Crippen molar-refractivity contribution >= 4 is 17.2 Å². The van der Waals surface area contributed by atoms with Crippen LogP contribution in [0, 0.1) is 0 Å². The summed E-state index contributed by atoms with van der Waals surface area (Å²) in [6.07, 6.45) is 1.93. The lowest BCUT2D eigenvalue weighted by Gasteiger charge is -2.07. The first kappa shape index (κ1) is 17.0. The van der Waals surface area contributed by atoms with E-state index >= 15 is 0 Å². The summed E-state index contributed by atoms with van der Waals surface area (Å²) in [5, 5.41) is 1.92. The Labute approximate surface area is 149 Å². The highest BCUT2D eigenvalue weighted by molar-refractivity contribution is 7.07. The number of ether oxygens (including phenoxy) is 2. The molecule has 5 nitrogen and oxygen atoms in total. The maximum atomic E-state index is 12.5. The Kier molecular flexibility index (Phi) is 5.30. The van der Waals surface area contributed by atoms with Crippen LogP contribution in [0.5, 0.6) is 11.5 Å². The van der Waals surface area contributed by atoms with Gasteiger partial charge in [-0.1, -0.05) is 30.3 Å². The fourth-order valence-corrected chi connectivity index (χ4v) is 3.13. The monoisotopic (exact) mass is 354 g/mol. The Bertz CT molecular complexity index is 929. The third kappa shape index (κ3) is 3.97. The lowest BCUT2D eigenvalue weighted by Crippen LogP contribution is -2.17. The van der Waals surface area contributed by atoms with E-state index in [1.807, 2.05) is 46.5 Å². The normalized spacial score (nSPS) is 11.4.